The summed E-state index contributed by atoms with van der Waals surface area (Å²) in [6, 6.07) is 17.7. The van der Waals surface area contributed by atoms with Crippen molar-refractivity contribution < 1.29 is 9.90 Å². The number of aromatic amines is 1. The van der Waals surface area contributed by atoms with Gasteiger partial charge in [0.1, 0.15) is 17.9 Å². The number of fused-ring (bicyclic) bond motifs is 1. The van der Waals surface area contributed by atoms with Gasteiger partial charge in [0.2, 0.25) is 5.82 Å². The summed E-state index contributed by atoms with van der Waals surface area (Å²) in [5.41, 5.74) is 4.52. The number of nitrogens with one attached hydrogen (secondary N) is 1. The van der Waals surface area contributed by atoms with Crippen LogP contribution in [0.3, 0.4) is 0 Å². The van der Waals surface area contributed by atoms with Crippen molar-refractivity contribution >= 4 is 17.0 Å². The number of unbranched alkanes of at least 4 members (excludes halogenated alkanes) is 1. The molecule has 3 heterocycles. The molecule has 0 bridgehead atoms. The van der Waals surface area contributed by atoms with Crippen molar-refractivity contribution in [3.63, 3.8) is 0 Å². The largest absolute Gasteiger partial charge is 0.480 e. The van der Waals surface area contributed by atoms with Crippen LogP contribution in [0.25, 0.3) is 33.5 Å². The van der Waals surface area contributed by atoms with E-state index in [2.05, 4.69) is 27.5 Å². The molecule has 10 heteroatoms. The van der Waals surface area contributed by atoms with E-state index >= 15 is 0 Å². The topological polar surface area (TPSA) is 132 Å². The highest BCUT2D eigenvalue weighted by Gasteiger charge is 2.17. The molecule has 0 aliphatic rings. The molecule has 0 amide bonds. The van der Waals surface area contributed by atoms with Crippen molar-refractivity contribution in [2.45, 2.75) is 39.3 Å². The smallest absolute Gasteiger partial charge is 0.323 e. The molecule has 0 saturated heterocycles. The highest BCUT2D eigenvalue weighted by molar-refractivity contribution is 5.80. The molecule has 0 unspecified atom stereocenters. The summed E-state index contributed by atoms with van der Waals surface area (Å²) in [5, 5.41) is 23.6. The first-order chi connectivity index (χ1) is 17.5. The Labute approximate surface area is 206 Å². The van der Waals surface area contributed by atoms with Crippen LogP contribution in [0.4, 0.5) is 0 Å². The minimum atomic E-state index is -1.06. The van der Waals surface area contributed by atoms with Crippen LogP contribution in [0, 0.1) is 0 Å². The van der Waals surface area contributed by atoms with Gasteiger partial charge in [-0.15, -0.1) is 10.2 Å². The Morgan fingerprint density at radius 1 is 1.06 bits per heavy atom. The van der Waals surface area contributed by atoms with Crippen molar-refractivity contribution in [2.24, 2.45) is 0 Å². The highest BCUT2D eigenvalue weighted by Crippen LogP contribution is 2.30. The van der Waals surface area contributed by atoms with Gasteiger partial charge in [-0.05, 0) is 34.4 Å². The lowest BCUT2D eigenvalue weighted by atomic mass is 9.98. The number of tetrazole rings is 1. The number of rotatable bonds is 9. The van der Waals surface area contributed by atoms with Crippen molar-refractivity contribution in [2.75, 3.05) is 0 Å². The maximum atomic E-state index is 13.2. The molecule has 0 radical (unpaired) electrons. The van der Waals surface area contributed by atoms with Gasteiger partial charge in [-0.1, -0.05) is 61.9 Å². The highest BCUT2D eigenvalue weighted by atomic mass is 16.4. The number of hydrogen-bond acceptors (Lipinski definition) is 6. The van der Waals surface area contributed by atoms with E-state index in [1.54, 1.807) is 6.07 Å². The molecule has 0 aliphatic heterocycles. The van der Waals surface area contributed by atoms with E-state index in [0.29, 0.717) is 23.4 Å². The summed E-state index contributed by atoms with van der Waals surface area (Å²) in [7, 11) is 0. The second kappa shape index (κ2) is 9.95. The lowest BCUT2D eigenvalue weighted by Crippen LogP contribution is -2.25. The second-order valence-electron chi connectivity index (χ2n) is 8.57. The Bertz CT molecular complexity index is 1570. The van der Waals surface area contributed by atoms with E-state index < -0.39 is 12.5 Å². The summed E-state index contributed by atoms with van der Waals surface area (Å²) >= 11 is 0. The summed E-state index contributed by atoms with van der Waals surface area (Å²) < 4.78 is 3.14. The Morgan fingerprint density at radius 3 is 2.53 bits per heavy atom. The van der Waals surface area contributed by atoms with Crippen LogP contribution in [0.15, 0.2) is 65.6 Å². The standard InChI is InChI=1S/C26H25N7O3/c1-2-3-8-22-27-21-13-14-32(16-23(34)35)26(36)24(21)33(22)15-17-9-11-18(12-10-17)19-6-4-5-7-20(19)25-28-30-31-29-25/h4-7,9-14H,2-3,8,15-16H2,1H3,(H,34,35)(H,28,29,30,31). The van der Waals surface area contributed by atoms with Gasteiger partial charge in [0.25, 0.3) is 5.56 Å². The van der Waals surface area contributed by atoms with Crippen molar-refractivity contribution in [3.05, 3.63) is 82.5 Å². The fraction of sp³-hybridized carbons (Fsp3) is 0.231. The van der Waals surface area contributed by atoms with Crippen LogP contribution in [0.2, 0.25) is 0 Å². The number of H-pyrrole nitrogens is 1. The lowest BCUT2D eigenvalue weighted by molar-refractivity contribution is -0.137. The van der Waals surface area contributed by atoms with Gasteiger partial charge in [0.05, 0.1) is 5.52 Å². The van der Waals surface area contributed by atoms with Crippen molar-refractivity contribution in [1.29, 1.82) is 0 Å². The molecule has 10 nitrogen and oxygen atoms in total. The molecule has 0 fully saturated rings. The Hall–Kier alpha value is -4.60. The van der Waals surface area contributed by atoms with Gasteiger partial charge in [-0.25, -0.2) is 4.98 Å². The van der Waals surface area contributed by atoms with Gasteiger partial charge in [-0.2, -0.15) is 5.21 Å². The van der Waals surface area contributed by atoms with Crippen molar-refractivity contribution in [3.8, 4) is 22.5 Å². The molecular formula is C26H25N7O3. The zero-order valence-electron chi connectivity index (χ0n) is 19.8. The summed E-state index contributed by atoms with van der Waals surface area (Å²) in [5.74, 6) is 0.284. The average molecular weight is 484 g/mol. The van der Waals surface area contributed by atoms with Crippen LogP contribution < -0.4 is 5.56 Å². The first-order valence-electron chi connectivity index (χ1n) is 11.8. The summed E-state index contributed by atoms with van der Waals surface area (Å²) in [6.45, 7) is 2.17. The minimum Gasteiger partial charge on any atom is -0.480 e. The SMILES string of the molecule is CCCCc1nc2ccn(CC(=O)O)c(=O)c2n1Cc1ccc(-c2ccccc2-c2nn[nH]n2)cc1. The quantitative estimate of drug-likeness (QED) is 0.328. The molecule has 5 aromatic rings. The fourth-order valence-corrected chi connectivity index (χ4v) is 4.37. The van der Waals surface area contributed by atoms with Crippen LogP contribution >= 0.6 is 0 Å². The zero-order chi connectivity index (χ0) is 25.1. The molecule has 3 aromatic heterocycles. The first kappa shape index (κ1) is 23.2. The van der Waals surface area contributed by atoms with Crippen molar-refractivity contribution in [1.82, 2.24) is 34.7 Å². The third-order valence-electron chi connectivity index (χ3n) is 6.13. The van der Waals surface area contributed by atoms with E-state index in [-0.39, 0.29) is 5.56 Å². The first-order valence-corrected chi connectivity index (χ1v) is 11.8. The maximum absolute atomic E-state index is 13.2. The van der Waals surface area contributed by atoms with E-state index in [0.717, 1.165) is 47.3 Å². The zero-order valence-corrected chi connectivity index (χ0v) is 19.8. The van der Waals surface area contributed by atoms with Crippen LogP contribution in [0.1, 0.15) is 31.2 Å². The van der Waals surface area contributed by atoms with Gasteiger partial charge in [0.15, 0.2) is 0 Å². The normalized spacial score (nSPS) is 11.2. The monoisotopic (exact) mass is 483 g/mol. The third-order valence-corrected chi connectivity index (χ3v) is 6.13. The Balaban J connectivity index is 1.52. The van der Waals surface area contributed by atoms with E-state index in [1.165, 1.54) is 10.8 Å². The number of carboxylic acid groups (broad SMARTS) is 1. The van der Waals surface area contributed by atoms with Crippen LogP contribution in [-0.2, 0) is 24.3 Å². The molecule has 2 aromatic carbocycles. The number of aliphatic carboxylic acids is 1. The van der Waals surface area contributed by atoms with Crippen LogP contribution in [0.5, 0.6) is 0 Å². The number of aryl methyl sites for hydroxylation is 1. The predicted octanol–water partition coefficient (Wildman–Crippen LogP) is 3.52. The number of hydrogen-bond donors (Lipinski definition) is 2. The number of benzene rings is 2. The molecule has 2 N–H and O–H groups in total. The number of pyridine rings is 1. The Kier molecular flexibility index (Phi) is 6.40. The number of carboxylic acids is 1. The Morgan fingerprint density at radius 2 is 1.83 bits per heavy atom. The second-order valence-corrected chi connectivity index (χ2v) is 8.57. The molecule has 5 rings (SSSR count). The van der Waals surface area contributed by atoms with Gasteiger partial charge in [-0.3, -0.25) is 9.59 Å². The lowest BCUT2D eigenvalue weighted by Gasteiger charge is -2.11. The minimum absolute atomic E-state index is 0.351. The summed E-state index contributed by atoms with van der Waals surface area (Å²) in [6.07, 6.45) is 4.18. The number of imidazole rings is 1. The average Bonchev–Trinajstić information content (AvgIpc) is 3.54. The number of carbonyl (C=O) groups is 1. The summed E-state index contributed by atoms with van der Waals surface area (Å²) in [4.78, 5) is 29.1. The predicted molar refractivity (Wildman–Crippen MR) is 134 cm³/mol. The molecule has 0 atom stereocenters. The van der Waals surface area contributed by atoms with E-state index in [9.17, 15) is 14.7 Å². The van der Waals surface area contributed by atoms with Crippen LogP contribution in [-0.4, -0.2) is 45.8 Å². The molecular weight excluding hydrogens is 458 g/mol. The molecule has 0 spiro atoms. The molecule has 182 valence electrons. The van der Waals surface area contributed by atoms with Gasteiger partial charge in [0, 0.05) is 24.7 Å². The third kappa shape index (κ3) is 4.52. The van der Waals surface area contributed by atoms with Gasteiger partial charge < -0.3 is 14.2 Å². The molecule has 36 heavy (non-hydrogen) atoms. The van der Waals surface area contributed by atoms with Gasteiger partial charge >= 0.3 is 5.97 Å². The maximum Gasteiger partial charge on any atom is 0.323 e. The number of nitrogens with zero attached hydrogens (tertiary/aromatic N) is 6. The fourth-order valence-electron chi connectivity index (χ4n) is 4.37. The molecule has 0 saturated carbocycles. The number of aromatic nitrogens is 7. The van der Waals surface area contributed by atoms with E-state index in [1.807, 2.05) is 53.1 Å². The van der Waals surface area contributed by atoms with E-state index in [4.69, 9.17) is 4.98 Å². The molecule has 0 aliphatic carbocycles.